The van der Waals surface area contributed by atoms with E-state index < -0.39 is 5.97 Å². The smallest absolute Gasteiger partial charge is 0.350 e. The Labute approximate surface area is 171 Å². The van der Waals surface area contributed by atoms with E-state index in [2.05, 4.69) is 4.99 Å². The molecule has 0 aliphatic rings. The second-order valence-electron chi connectivity index (χ2n) is 6.68. The number of thiophene rings is 1. The maximum Gasteiger partial charge on any atom is 0.350 e. The largest absolute Gasteiger partial charge is 0.465 e. The lowest BCUT2D eigenvalue weighted by atomic mass is 10.1. The van der Waals surface area contributed by atoms with E-state index in [1.807, 2.05) is 62.6 Å². The van der Waals surface area contributed by atoms with Crippen molar-refractivity contribution in [3.05, 3.63) is 69.8 Å². The van der Waals surface area contributed by atoms with Gasteiger partial charge in [0.2, 0.25) is 0 Å². The van der Waals surface area contributed by atoms with Gasteiger partial charge in [-0.05, 0) is 23.6 Å². The van der Waals surface area contributed by atoms with Gasteiger partial charge in [-0.1, -0.05) is 36.4 Å². The number of aliphatic imine (C=N–C) groups is 1. The number of carbonyl (C=O) groups is 1. The molecule has 0 N–H and O–H groups in total. The molecule has 2 aromatic heterocycles. The molecule has 0 unspecified atom stereocenters. The minimum atomic E-state index is -0.478. The Morgan fingerprint density at radius 2 is 1.72 bits per heavy atom. The molecule has 29 heavy (non-hydrogen) atoms. The highest BCUT2D eigenvalue weighted by Crippen LogP contribution is 2.42. The Bertz CT molecular complexity index is 1300. The first kappa shape index (κ1) is 18.9. The molecular weight excluding hydrogens is 386 g/mol. The lowest BCUT2D eigenvalue weighted by Crippen LogP contribution is -2.18. The highest BCUT2D eigenvalue weighted by molar-refractivity contribution is 7.21. The van der Waals surface area contributed by atoms with E-state index >= 15 is 0 Å². The van der Waals surface area contributed by atoms with Crippen LogP contribution in [0.3, 0.4) is 0 Å². The number of benzene rings is 2. The summed E-state index contributed by atoms with van der Waals surface area (Å²) in [5.74, 6) is -0.478. The summed E-state index contributed by atoms with van der Waals surface area (Å²) in [4.78, 5) is 33.3. The zero-order valence-electron chi connectivity index (χ0n) is 16.2. The first-order valence-electron chi connectivity index (χ1n) is 8.97. The Morgan fingerprint density at radius 3 is 2.38 bits per heavy atom. The summed E-state index contributed by atoms with van der Waals surface area (Å²) in [5.41, 5.74) is 1.10. The van der Waals surface area contributed by atoms with Gasteiger partial charge in [0.05, 0.1) is 19.1 Å². The van der Waals surface area contributed by atoms with Crippen molar-refractivity contribution in [2.45, 2.75) is 0 Å². The predicted octanol–water partition coefficient (Wildman–Crippen LogP) is 4.21. The third-order valence-corrected chi connectivity index (χ3v) is 5.64. The molecule has 0 amide bonds. The lowest BCUT2D eigenvalue weighted by molar-refractivity contribution is 0.0607. The summed E-state index contributed by atoms with van der Waals surface area (Å²) in [6.45, 7) is 0. The van der Waals surface area contributed by atoms with Gasteiger partial charge < -0.3 is 9.64 Å². The zero-order chi connectivity index (χ0) is 20.5. The number of hydrogen-bond acceptors (Lipinski definition) is 5. The van der Waals surface area contributed by atoms with Gasteiger partial charge in [0.25, 0.3) is 5.56 Å². The molecule has 0 aliphatic carbocycles. The Hall–Kier alpha value is -3.45. The number of rotatable bonds is 4. The van der Waals surface area contributed by atoms with Crippen molar-refractivity contribution in [1.82, 2.24) is 9.47 Å². The molecule has 0 saturated heterocycles. The van der Waals surface area contributed by atoms with Crippen LogP contribution in [-0.4, -0.2) is 43.0 Å². The van der Waals surface area contributed by atoms with Crippen molar-refractivity contribution in [2.75, 3.05) is 21.2 Å². The average Bonchev–Trinajstić information content (AvgIpc) is 3.12. The maximum absolute atomic E-state index is 13.4. The average molecular weight is 405 g/mol. The van der Waals surface area contributed by atoms with E-state index in [0.717, 1.165) is 16.5 Å². The van der Waals surface area contributed by atoms with Crippen molar-refractivity contribution < 1.29 is 9.53 Å². The molecule has 0 fully saturated rings. The zero-order valence-corrected chi connectivity index (χ0v) is 17.1. The first-order chi connectivity index (χ1) is 14.0. The Morgan fingerprint density at radius 1 is 1.07 bits per heavy atom. The number of aromatic nitrogens is 1. The molecule has 0 atom stereocenters. The Kier molecular flexibility index (Phi) is 4.90. The van der Waals surface area contributed by atoms with E-state index in [1.54, 1.807) is 21.9 Å². The van der Waals surface area contributed by atoms with Gasteiger partial charge in [0.1, 0.15) is 15.4 Å². The summed E-state index contributed by atoms with van der Waals surface area (Å²) in [5, 5.41) is 2.09. The van der Waals surface area contributed by atoms with E-state index in [0.29, 0.717) is 20.8 Å². The molecule has 7 heteroatoms. The molecule has 0 spiro atoms. The van der Waals surface area contributed by atoms with E-state index in [-0.39, 0.29) is 5.56 Å². The van der Waals surface area contributed by atoms with E-state index in [1.165, 1.54) is 18.4 Å². The van der Waals surface area contributed by atoms with Crippen LogP contribution in [0.15, 0.2) is 64.4 Å². The molecule has 0 aliphatic heterocycles. The van der Waals surface area contributed by atoms with Gasteiger partial charge >= 0.3 is 5.97 Å². The number of fused-ring (bicyclic) bond motifs is 3. The topological polar surface area (TPSA) is 63.9 Å². The van der Waals surface area contributed by atoms with E-state index in [4.69, 9.17) is 4.74 Å². The van der Waals surface area contributed by atoms with Gasteiger partial charge in [-0.3, -0.25) is 9.36 Å². The van der Waals surface area contributed by atoms with Gasteiger partial charge in [0.15, 0.2) is 0 Å². The van der Waals surface area contributed by atoms with Crippen LogP contribution in [-0.2, 0) is 4.74 Å². The third-order valence-electron chi connectivity index (χ3n) is 4.50. The second kappa shape index (κ2) is 7.52. The number of hydrogen-bond donors (Lipinski definition) is 0. The minimum Gasteiger partial charge on any atom is -0.465 e. The summed E-state index contributed by atoms with van der Waals surface area (Å²) in [7, 11) is 5.05. The summed E-state index contributed by atoms with van der Waals surface area (Å²) in [6, 6.07) is 16.8. The van der Waals surface area contributed by atoms with Crippen LogP contribution in [0.5, 0.6) is 0 Å². The molecule has 146 valence electrons. The number of esters is 1. The van der Waals surface area contributed by atoms with Gasteiger partial charge in [-0.15, -0.1) is 11.3 Å². The van der Waals surface area contributed by atoms with Gasteiger partial charge in [0, 0.05) is 24.9 Å². The molecule has 0 bridgehead atoms. The van der Waals surface area contributed by atoms with Crippen LogP contribution < -0.4 is 5.56 Å². The number of pyridine rings is 1. The Balaban J connectivity index is 2.24. The number of ether oxygens (including phenoxy) is 1. The standard InChI is InChI=1S/C22H19N3O3S/c1-24(2)13-23-18-17-15-11-7-8-12-16(15)20(26)25(14-9-5-4-6-10-14)21(17)29-19(18)22(27)28-3/h4-13H,1-3H3. The summed E-state index contributed by atoms with van der Waals surface area (Å²) >= 11 is 1.21. The molecule has 4 aromatic rings. The highest BCUT2D eigenvalue weighted by atomic mass is 32.1. The van der Waals surface area contributed by atoms with Crippen LogP contribution in [0, 0.1) is 0 Å². The number of carbonyl (C=O) groups excluding carboxylic acids is 1. The number of methoxy groups -OCH3 is 1. The number of para-hydroxylation sites is 1. The summed E-state index contributed by atoms with van der Waals surface area (Å²) < 4.78 is 6.64. The van der Waals surface area contributed by atoms with Crippen molar-refractivity contribution >= 4 is 50.3 Å². The van der Waals surface area contributed by atoms with Gasteiger partial charge in [-0.2, -0.15) is 0 Å². The fraction of sp³-hybridized carbons (Fsp3) is 0.136. The third kappa shape index (κ3) is 3.19. The van der Waals surface area contributed by atoms with Crippen LogP contribution in [0.1, 0.15) is 9.67 Å². The normalized spacial score (nSPS) is 11.4. The molecule has 2 aromatic carbocycles. The van der Waals surface area contributed by atoms with Crippen molar-refractivity contribution in [3.8, 4) is 5.69 Å². The second-order valence-corrected chi connectivity index (χ2v) is 7.68. The highest BCUT2D eigenvalue weighted by Gasteiger charge is 2.24. The monoisotopic (exact) mass is 405 g/mol. The SMILES string of the molecule is COC(=O)c1sc2c(c1N=CN(C)C)c1ccccc1c(=O)n2-c1ccccc1. The lowest BCUT2D eigenvalue weighted by Gasteiger charge is -2.10. The minimum absolute atomic E-state index is 0.139. The predicted molar refractivity (Wildman–Crippen MR) is 118 cm³/mol. The van der Waals surface area contributed by atoms with Crippen LogP contribution in [0.2, 0.25) is 0 Å². The molecule has 4 rings (SSSR count). The quantitative estimate of drug-likeness (QED) is 0.290. The van der Waals surface area contributed by atoms with Crippen LogP contribution in [0.4, 0.5) is 5.69 Å². The number of nitrogens with zero attached hydrogens (tertiary/aromatic N) is 3. The van der Waals surface area contributed by atoms with Crippen LogP contribution >= 0.6 is 11.3 Å². The molecule has 2 heterocycles. The molecule has 6 nitrogen and oxygen atoms in total. The molecular formula is C22H19N3O3S. The van der Waals surface area contributed by atoms with Crippen LogP contribution in [0.25, 0.3) is 26.7 Å². The fourth-order valence-corrected chi connectivity index (χ4v) is 4.45. The van der Waals surface area contributed by atoms with Gasteiger partial charge in [-0.25, -0.2) is 9.79 Å². The van der Waals surface area contributed by atoms with Crippen molar-refractivity contribution in [3.63, 3.8) is 0 Å². The molecule has 0 radical (unpaired) electrons. The fourth-order valence-electron chi connectivity index (χ4n) is 3.25. The van der Waals surface area contributed by atoms with Crippen molar-refractivity contribution in [1.29, 1.82) is 0 Å². The first-order valence-corrected chi connectivity index (χ1v) is 9.79. The summed E-state index contributed by atoms with van der Waals surface area (Å²) in [6.07, 6.45) is 1.64. The molecule has 0 saturated carbocycles. The van der Waals surface area contributed by atoms with E-state index in [9.17, 15) is 9.59 Å². The maximum atomic E-state index is 13.4. The van der Waals surface area contributed by atoms with Crippen molar-refractivity contribution in [2.24, 2.45) is 4.99 Å².